The fourth-order valence-corrected chi connectivity index (χ4v) is 2.13. The van der Waals surface area contributed by atoms with Crippen molar-refractivity contribution < 1.29 is 14.7 Å². The van der Waals surface area contributed by atoms with Gasteiger partial charge in [-0.25, -0.2) is 9.59 Å². The quantitative estimate of drug-likeness (QED) is 0.718. The molecular weight excluding hydrogens is 290 g/mol. The summed E-state index contributed by atoms with van der Waals surface area (Å²) >= 11 is 1.54. The molecule has 0 saturated carbocycles. The highest BCUT2D eigenvalue weighted by atomic mass is 32.2. The van der Waals surface area contributed by atoms with Gasteiger partial charge in [0.05, 0.1) is 0 Å². The minimum atomic E-state index is -1.03. The number of hydrogen-bond donors (Lipinski definition) is 3. The van der Waals surface area contributed by atoms with Crippen molar-refractivity contribution in [2.45, 2.75) is 12.5 Å². The van der Waals surface area contributed by atoms with Gasteiger partial charge in [0.2, 0.25) is 0 Å². The number of carbonyl (C=O) groups is 2. The summed E-state index contributed by atoms with van der Waals surface area (Å²) in [6.45, 7) is 0. The van der Waals surface area contributed by atoms with Crippen LogP contribution >= 0.6 is 11.8 Å². The normalized spacial score (nSPS) is 11.6. The molecule has 1 rings (SSSR count). The van der Waals surface area contributed by atoms with E-state index in [0.29, 0.717) is 17.9 Å². The molecule has 0 radical (unpaired) electrons. The predicted octanol–water partition coefficient (Wildman–Crippen LogP) is 2.08. The molecule has 1 aromatic rings. The number of aliphatic carboxylic acids is 1. The minimum Gasteiger partial charge on any atom is -0.480 e. The molecule has 7 heteroatoms. The molecule has 1 aromatic carbocycles. The fraction of sp³-hybridized carbons (Fsp3) is 0.429. The molecule has 0 unspecified atom stereocenters. The molecule has 0 aromatic heterocycles. The lowest BCUT2D eigenvalue weighted by molar-refractivity contribution is -0.139. The lowest BCUT2D eigenvalue weighted by Gasteiger charge is -2.16. The molecule has 2 amide bonds. The van der Waals surface area contributed by atoms with Crippen LogP contribution in [0.3, 0.4) is 0 Å². The van der Waals surface area contributed by atoms with E-state index in [9.17, 15) is 9.59 Å². The Morgan fingerprint density at radius 2 is 1.90 bits per heavy atom. The van der Waals surface area contributed by atoms with Crippen LogP contribution in [0.1, 0.15) is 6.42 Å². The molecule has 0 bridgehead atoms. The Kier molecular flexibility index (Phi) is 6.87. The standard InChI is InChI=1S/C14H21N3O3S/c1-17(2)11-6-4-10(5-7-11)15-14(20)16-12(13(18)19)8-9-21-3/h4-7,12H,8-9H2,1-3H3,(H,18,19)(H2,15,16,20)/t12-/m0/s1. The van der Waals surface area contributed by atoms with Gasteiger partial charge in [0.15, 0.2) is 0 Å². The smallest absolute Gasteiger partial charge is 0.326 e. The highest BCUT2D eigenvalue weighted by molar-refractivity contribution is 7.98. The Hall–Kier alpha value is -1.89. The number of carboxylic acid groups (broad SMARTS) is 1. The lowest BCUT2D eigenvalue weighted by Crippen LogP contribution is -2.43. The molecular formula is C14H21N3O3S. The van der Waals surface area contributed by atoms with E-state index in [-0.39, 0.29) is 0 Å². The number of benzene rings is 1. The fourth-order valence-electron chi connectivity index (χ4n) is 1.66. The highest BCUT2D eigenvalue weighted by Gasteiger charge is 2.19. The molecule has 116 valence electrons. The summed E-state index contributed by atoms with van der Waals surface area (Å²) in [5.74, 6) is -0.350. The number of anilines is 2. The second kappa shape index (κ2) is 8.41. The molecule has 21 heavy (non-hydrogen) atoms. The van der Waals surface area contributed by atoms with Gasteiger partial charge in [-0.15, -0.1) is 0 Å². The van der Waals surface area contributed by atoms with Crippen LogP contribution in [-0.4, -0.2) is 49.3 Å². The van der Waals surface area contributed by atoms with E-state index >= 15 is 0 Å². The molecule has 0 spiro atoms. The van der Waals surface area contributed by atoms with Crippen LogP contribution in [0.5, 0.6) is 0 Å². The van der Waals surface area contributed by atoms with Crippen molar-refractivity contribution in [2.24, 2.45) is 0 Å². The third-order valence-corrected chi connectivity index (χ3v) is 3.50. The van der Waals surface area contributed by atoms with E-state index in [4.69, 9.17) is 5.11 Å². The number of rotatable bonds is 7. The molecule has 0 aliphatic rings. The molecule has 1 atom stereocenters. The van der Waals surface area contributed by atoms with E-state index in [2.05, 4.69) is 10.6 Å². The summed E-state index contributed by atoms with van der Waals surface area (Å²) in [4.78, 5) is 24.8. The van der Waals surface area contributed by atoms with Gasteiger partial charge in [-0.05, 0) is 42.7 Å². The SMILES string of the molecule is CSCC[C@H](NC(=O)Nc1ccc(N(C)C)cc1)C(=O)O. The van der Waals surface area contributed by atoms with Crippen LogP contribution < -0.4 is 15.5 Å². The van der Waals surface area contributed by atoms with Crippen molar-refractivity contribution in [3.05, 3.63) is 24.3 Å². The second-order valence-corrected chi connectivity index (χ2v) is 5.70. The second-order valence-electron chi connectivity index (χ2n) is 4.71. The van der Waals surface area contributed by atoms with Gasteiger partial charge in [0.1, 0.15) is 6.04 Å². The third-order valence-electron chi connectivity index (χ3n) is 2.86. The van der Waals surface area contributed by atoms with E-state index < -0.39 is 18.0 Å². The zero-order valence-corrected chi connectivity index (χ0v) is 13.2. The van der Waals surface area contributed by atoms with Crippen LogP contribution in [0.2, 0.25) is 0 Å². The Balaban J connectivity index is 2.57. The van der Waals surface area contributed by atoms with E-state index in [1.165, 1.54) is 0 Å². The van der Waals surface area contributed by atoms with Gasteiger partial charge in [-0.2, -0.15) is 11.8 Å². The maximum Gasteiger partial charge on any atom is 0.326 e. The third kappa shape index (κ3) is 5.95. The molecule has 6 nitrogen and oxygen atoms in total. The van der Waals surface area contributed by atoms with Gasteiger partial charge < -0.3 is 20.6 Å². The molecule has 3 N–H and O–H groups in total. The molecule has 0 aliphatic heterocycles. The summed E-state index contributed by atoms with van der Waals surface area (Å²) in [6.07, 6.45) is 2.29. The van der Waals surface area contributed by atoms with Crippen LogP contribution in [0.4, 0.5) is 16.2 Å². The number of carboxylic acids is 1. The molecule has 0 saturated heterocycles. The summed E-state index contributed by atoms with van der Waals surface area (Å²) in [5.41, 5.74) is 1.64. The zero-order valence-electron chi connectivity index (χ0n) is 12.4. The number of nitrogens with one attached hydrogen (secondary N) is 2. The average Bonchev–Trinajstić information content (AvgIpc) is 2.43. The Labute approximate surface area is 128 Å². The van der Waals surface area contributed by atoms with Crippen LogP contribution in [0, 0.1) is 0 Å². The van der Waals surface area contributed by atoms with Gasteiger partial charge in [-0.1, -0.05) is 0 Å². The van der Waals surface area contributed by atoms with Gasteiger partial charge in [-0.3, -0.25) is 0 Å². The van der Waals surface area contributed by atoms with Gasteiger partial charge in [0, 0.05) is 25.5 Å². The number of nitrogens with zero attached hydrogens (tertiary/aromatic N) is 1. The summed E-state index contributed by atoms with van der Waals surface area (Å²) in [6, 6.07) is 5.90. The van der Waals surface area contributed by atoms with Crippen molar-refractivity contribution in [3.8, 4) is 0 Å². The zero-order chi connectivity index (χ0) is 15.8. The predicted molar refractivity (Wildman–Crippen MR) is 87.3 cm³/mol. The Bertz CT molecular complexity index is 477. The number of carbonyl (C=O) groups excluding carboxylic acids is 1. The Morgan fingerprint density at radius 1 is 1.29 bits per heavy atom. The lowest BCUT2D eigenvalue weighted by atomic mass is 10.2. The minimum absolute atomic E-state index is 0.392. The summed E-state index contributed by atoms with van der Waals surface area (Å²) in [7, 11) is 3.86. The first-order chi connectivity index (χ1) is 9.93. The van der Waals surface area contributed by atoms with Crippen molar-refractivity contribution in [2.75, 3.05) is 36.3 Å². The Morgan fingerprint density at radius 3 is 2.38 bits per heavy atom. The maximum absolute atomic E-state index is 11.8. The first-order valence-electron chi connectivity index (χ1n) is 6.50. The van der Waals surface area contributed by atoms with Gasteiger partial charge in [0.25, 0.3) is 0 Å². The molecule has 0 aliphatic carbocycles. The van der Waals surface area contributed by atoms with E-state index in [0.717, 1.165) is 5.69 Å². The van der Waals surface area contributed by atoms with E-state index in [1.807, 2.05) is 37.4 Å². The van der Waals surface area contributed by atoms with Crippen molar-refractivity contribution in [3.63, 3.8) is 0 Å². The summed E-state index contributed by atoms with van der Waals surface area (Å²) in [5, 5.41) is 14.1. The van der Waals surface area contributed by atoms with Crippen LogP contribution in [-0.2, 0) is 4.79 Å². The number of amides is 2. The number of hydrogen-bond acceptors (Lipinski definition) is 4. The first-order valence-corrected chi connectivity index (χ1v) is 7.90. The largest absolute Gasteiger partial charge is 0.480 e. The number of thioether (sulfide) groups is 1. The molecule has 0 fully saturated rings. The van der Waals surface area contributed by atoms with Crippen molar-refractivity contribution in [1.29, 1.82) is 0 Å². The maximum atomic E-state index is 11.8. The highest BCUT2D eigenvalue weighted by Crippen LogP contribution is 2.15. The number of urea groups is 1. The average molecular weight is 311 g/mol. The van der Waals surface area contributed by atoms with Gasteiger partial charge >= 0.3 is 12.0 Å². The van der Waals surface area contributed by atoms with Crippen molar-refractivity contribution >= 4 is 35.1 Å². The van der Waals surface area contributed by atoms with Crippen LogP contribution in [0.15, 0.2) is 24.3 Å². The van der Waals surface area contributed by atoms with E-state index in [1.54, 1.807) is 23.9 Å². The van der Waals surface area contributed by atoms with Crippen LogP contribution in [0.25, 0.3) is 0 Å². The summed E-state index contributed by atoms with van der Waals surface area (Å²) < 4.78 is 0. The monoisotopic (exact) mass is 311 g/mol. The molecule has 0 heterocycles. The van der Waals surface area contributed by atoms with Crippen molar-refractivity contribution in [1.82, 2.24) is 5.32 Å². The topological polar surface area (TPSA) is 81.7 Å². The first kappa shape index (κ1) is 17.2.